The minimum atomic E-state index is 0.761. The first-order chi connectivity index (χ1) is 7.86. The highest BCUT2D eigenvalue weighted by atomic mass is 16.5. The quantitative estimate of drug-likeness (QED) is 0.789. The molecule has 3 heteroatoms. The van der Waals surface area contributed by atoms with Crippen LogP contribution in [0.15, 0.2) is 0 Å². The molecule has 1 atom stereocenters. The molecule has 0 aromatic heterocycles. The Morgan fingerprint density at radius 1 is 1.12 bits per heavy atom. The Bertz CT molecular complexity index is 184. The van der Waals surface area contributed by atoms with E-state index in [4.69, 9.17) is 4.74 Å². The fraction of sp³-hybridized carbons (Fsp3) is 1.00. The molecule has 0 saturated carbocycles. The predicted octanol–water partition coefficient (Wildman–Crippen LogP) is 1.49. The zero-order valence-electron chi connectivity index (χ0n) is 10.6. The molecule has 0 aliphatic carbocycles. The molecule has 16 heavy (non-hydrogen) atoms. The lowest BCUT2D eigenvalue weighted by molar-refractivity contribution is 0.129. The second-order valence-electron chi connectivity index (χ2n) is 5.33. The molecule has 1 N–H and O–H groups in total. The van der Waals surface area contributed by atoms with Gasteiger partial charge in [0.2, 0.25) is 0 Å². The second-order valence-corrected chi connectivity index (χ2v) is 5.33. The molecule has 2 fully saturated rings. The standard InChI is InChI=1S/C13H26N2O/c1-15(11-12-4-7-14-8-5-12)13-3-2-9-16-10-6-13/h12-14H,2-11H2,1H3. The molecule has 0 aromatic rings. The third kappa shape index (κ3) is 3.72. The summed E-state index contributed by atoms with van der Waals surface area (Å²) in [6.07, 6.45) is 6.49. The van der Waals surface area contributed by atoms with E-state index in [1.54, 1.807) is 0 Å². The summed E-state index contributed by atoms with van der Waals surface area (Å²) in [6, 6.07) is 0.761. The number of ether oxygens (including phenoxy) is 1. The van der Waals surface area contributed by atoms with Crippen molar-refractivity contribution in [1.82, 2.24) is 10.2 Å². The molecule has 2 heterocycles. The van der Waals surface area contributed by atoms with Gasteiger partial charge in [0, 0.05) is 25.8 Å². The molecule has 0 amide bonds. The average Bonchev–Trinajstić information content (AvgIpc) is 2.59. The van der Waals surface area contributed by atoms with Gasteiger partial charge in [0.05, 0.1) is 0 Å². The number of nitrogens with zero attached hydrogens (tertiary/aromatic N) is 1. The summed E-state index contributed by atoms with van der Waals surface area (Å²) >= 11 is 0. The van der Waals surface area contributed by atoms with Crippen LogP contribution in [0.2, 0.25) is 0 Å². The van der Waals surface area contributed by atoms with Crippen LogP contribution in [0.1, 0.15) is 32.1 Å². The Kier molecular flexibility index (Phi) is 5.07. The van der Waals surface area contributed by atoms with Crippen molar-refractivity contribution < 1.29 is 4.74 Å². The van der Waals surface area contributed by atoms with Gasteiger partial charge in [-0.05, 0) is 58.2 Å². The average molecular weight is 226 g/mol. The van der Waals surface area contributed by atoms with Crippen LogP contribution in [-0.2, 0) is 4.74 Å². The summed E-state index contributed by atoms with van der Waals surface area (Å²) in [5.74, 6) is 0.912. The molecule has 2 aliphatic heterocycles. The normalized spacial score (nSPS) is 29.2. The molecule has 0 spiro atoms. The fourth-order valence-electron chi connectivity index (χ4n) is 2.95. The van der Waals surface area contributed by atoms with Gasteiger partial charge in [-0.2, -0.15) is 0 Å². The van der Waals surface area contributed by atoms with Gasteiger partial charge in [0.15, 0.2) is 0 Å². The van der Waals surface area contributed by atoms with Crippen molar-refractivity contribution in [3.8, 4) is 0 Å². The van der Waals surface area contributed by atoms with Crippen LogP contribution in [0.25, 0.3) is 0 Å². The summed E-state index contributed by atoms with van der Waals surface area (Å²) < 4.78 is 5.53. The smallest absolute Gasteiger partial charge is 0.0480 e. The Hall–Kier alpha value is -0.120. The first-order valence-electron chi connectivity index (χ1n) is 6.85. The first kappa shape index (κ1) is 12.3. The summed E-state index contributed by atoms with van der Waals surface area (Å²) in [5, 5.41) is 3.44. The van der Waals surface area contributed by atoms with Gasteiger partial charge in [-0.1, -0.05) is 0 Å². The fourth-order valence-corrected chi connectivity index (χ4v) is 2.95. The van der Waals surface area contributed by atoms with Crippen molar-refractivity contribution in [1.29, 1.82) is 0 Å². The molecular weight excluding hydrogens is 200 g/mol. The largest absolute Gasteiger partial charge is 0.381 e. The van der Waals surface area contributed by atoms with E-state index >= 15 is 0 Å². The summed E-state index contributed by atoms with van der Waals surface area (Å²) in [6.45, 7) is 5.64. The molecule has 2 saturated heterocycles. The predicted molar refractivity (Wildman–Crippen MR) is 66.7 cm³/mol. The maximum Gasteiger partial charge on any atom is 0.0480 e. The van der Waals surface area contributed by atoms with E-state index in [-0.39, 0.29) is 0 Å². The van der Waals surface area contributed by atoms with Crippen LogP contribution in [-0.4, -0.2) is 50.8 Å². The van der Waals surface area contributed by atoms with Gasteiger partial charge in [0.1, 0.15) is 0 Å². The number of rotatable bonds is 3. The summed E-state index contributed by atoms with van der Waals surface area (Å²) in [7, 11) is 2.30. The van der Waals surface area contributed by atoms with Gasteiger partial charge in [-0.3, -0.25) is 0 Å². The number of piperidine rings is 1. The van der Waals surface area contributed by atoms with E-state index in [2.05, 4.69) is 17.3 Å². The Balaban J connectivity index is 1.74. The molecule has 0 radical (unpaired) electrons. The molecule has 0 bridgehead atoms. The van der Waals surface area contributed by atoms with E-state index in [1.165, 1.54) is 51.7 Å². The molecule has 1 unspecified atom stereocenters. The van der Waals surface area contributed by atoms with Crippen LogP contribution < -0.4 is 5.32 Å². The first-order valence-corrected chi connectivity index (χ1v) is 6.85. The zero-order valence-corrected chi connectivity index (χ0v) is 10.6. The van der Waals surface area contributed by atoms with Crippen molar-refractivity contribution in [2.24, 2.45) is 5.92 Å². The van der Waals surface area contributed by atoms with Crippen LogP contribution in [0.5, 0.6) is 0 Å². The van der Waals surface area contributed by atoms with Crippen LogP contribution in [0.3, 0.4) is 0 Å². The van der Waals surface area contributed by atoms with Crippen molar-refractivity contribution in [3.05, 3.63) is 0 Å². The van der Waals surface area contributed by atoms with Gasteiger partial charge in [0.25, 0.3) is 0 Å². The summed E-state index contributed by atoms with van der Waals surface area (Å²) in [4.78, 5) is 2.59. The lowest BCUT2D eigenvalue weighted by atomic mass is 9.96. The van der Waals surface area contributed by atoms with Crippen molar-refractivity contribution >= 4 is 0 Å². The lowest BCUT2D eigenvalue weighted by Crippen LogP contribution is -2.39. The molecule has 2 aliphatic rings. The van der Waals surface area contributed by atoms with Gasteiger partial charge >= 0.3 is 0 Å². The van der Waals surface area contributed by atoms with E-state index in [0.29, 0.717) is 0 Å². The minimum absolute atomic E-state index is 0.761. The van der Waals surface area contributed by atoms with Crippen LogP contribution >= 0.6 is 0 Å². The molecule has 0 aromatic carbocycles. The molecule has 94 valence electrons. The molecular formula is C13H26N2O. The van der Waals surface area contributed by atoms with E-state index in [1.807, 2.05) is 0 Å². The van der Waals surface area contributed by atoms with Crippen molar-refractivity contribution in [2.75, 3.05) is 39.9 Å². The van der Waals surface area contributed by atoms with E-state index < -0.39 is 0 Å². The number of hydrogen-bond donors (Lipinski definition) is 1. The SMILES string of the molecule is CN(CC1CCNCC1)C1CCCOCC1. The molecule has 2 rings (SSSR count). The maximum atomic E-state index is 5.53. The van der Waals surface area contributed by atoms with Crippen LogP contribution in [0, 0.1) is 5.92 Å². The number of nitrogens with one attached hydrogen (secondary N) is 1. The monoisotopic (exact) mass is 226 g/mol. The van der Waals surface area contributed by atoms with E-state index in [0.717, 1.165) is 25.2 Å². The van der Waals surface area contributed by atoms with Crippen LogP contribution in [0.4, 0.5) is 0 Å². The highest BCUT2D eigenvalue weighted by Crippen LogP contribution is 2.18. The van der Waals surface area contributed by atoms with Gasteiger partial charge < -0.3 is 15.0 Å². The Labute approximate surface area is 99.5 Å². The minimum Gasteiger partial charge on any atom is -0.381 e. The zero-order chi connectivity index (χ0) is 11.2. The summed E-state index contributed by atoms with van der Waals surface area (Å²) in [5.41, 5.74) is 0. The van der Waals surface area contributed by atoms with Gasteiger partial charge in [-0.25, -0.2) is 0 Å². The Morgan fingerprint density at radius 3 is 2.75 bits per heavy atom. The maximum absolute atomic E-state index is 5.53. The molecule has 3 nitrogen and oxygen atoms in total. The lowest BCUT2D eigenvalue weighted by Gasteiger charge is -2.32. The Morgan fingerprint density at radius 2 is 1.94 bits per heavy atom. The van der Waals surface area contributed by atoms with Gasteiger partial charge in [-0.15, -0.1) is 0 Å². The number of hydrogen-bond acceptors (Lipinski definition) is 3. The van der Waals surface area contributed by atoms with Crippen molar-refractivity contribution in [3.63, 3.8) is 0 Å². The third-order valence-electron chi connectivity index (χ3n) is 4.05. The van der Waals surface area contributed by atoms with Crippen molar-refractivity contribution in [2.45, 2.75) is 38.1 Å². The highest BCUT2D eigenvalue weighted by molar-refractivity contribution is 4.76. The second kappa shape index (κ2) is 6.58. The topological polar surface area (TPSA) is 24.5 Å². The van der Waals surface area contributed by atoms with E-state index in [9.17, 15) is 0 Å². The third-order valence-corrected chi connectivity index (χ3v) is 4.05. The highest BCUT2D eigenvalue weighted by Gasteiger charge is 2.21.